The third-order valence-corrected chi connectivity index (χ3v) is 3.34. The molecule has 7 nitrogen and oxygen atoms in total. The SMILES string of the molecule is CNc1nc(OC)nc(N2CC3CCC(C2)O3)n1. The largest absolute Gasteiger partial charge is 0.467 e. The Morgan fingerprint density at radius 1 is 1.22 bits per heavy atom. The molecule has 2 atom stereocenters. The van der Waals surface area contributed by atoms with Crippen LogP contribution in [0.4, 0.5) is 11.9 Å². The molecule has 0 spiro atoms. The van der Waals surface area contributed by atoms with E-state index in [1.807, 2.05) is 0 Å². The minimum atomic E-state index is 0.310. The number of nitrogens with zero attached hydrogens (tertiary/aromatic N) is 4. The number of hydrogen-bond donors (Lipinski definition) is 1. The maximum absolute atomic E-state index is 5.80. The molecule has 2 aliphatic heterocycles. The van der Waals surface area contributed by atoms with Gasteiger partial charge in [0.15, 0.2) is 0 Å². The van der Waals surface area contributed by atoms with Crippen molar-refractivity contribution in [2.45, 2.75) is 25.0 Å². The van der Waals surface area contributed by atoms with Crippen LogP contribution in [0.3, 0.4) is 0 Å². The summed E-state index contributed by atoms with van der Waals surface area (Å²) >= 11 is 0. The number of hydrogen-bond acceptors (Lipinski definition) is 7. The van der Waals surface area contributed by atoms with Crippen LogP contribution in [0, 0.1) is 0 Å². The molecular weight excluding hydrogens is 234 g/mol. The first-order valence-electron chi connectivity index (χ1n) is 6.16. The molecule has 1 aromatic rings. The third kappa shape index (κ3) is 2.05. The molecule has 0 aromatic carbocycles. The van der Waals surface area contributed by atoms with Gasteiger partial charge in [0, 0.05) is 20.1 Å². The topological polar surface area (TPSA) is 72.4 Å². The van der Waals surface area contributed by atoms with E-state index in [4.69, 9.17) is 9.47 Å². The summed E-state index contributed by atoms with van der Waals surface area (Å²) in [7, 11) is 3.34. The average Bonchev–Trinajstić information content (AvgIpc) is 2.76. The number of aromatic nitrogens is 3. The van der Waals surface area contributed by atoms with Gasteiger partial charge in [-0.05, 0) is 12.8 Å². The van der Waals surface area contributed by atoms with Crippen LogP contribution in [0.15, 0.2) is 0 Å². The van der Waals surface area contributed by atoms with Crippen LogP contribution < -0.4 is 15.0 Å². The smallest absolute Gasteiger partial charge is 0.322 e. The van der Waals surface area contributed by atoms with Crippen LogP contribution in [0.5, 0.6) is 6.01 Å². The number of morpholine rings is 1. The molecule has 3 rings (SSSR count). The van der Waals surface area contributed by atoms with Gasteiger partial charge in [0.2, 0.25) is 11.9 Å². The average molecular weight is 251 g/mol. The van der Waals surface area contributed by atoms with E-state index in [2.05, 4.69) is 25.2 Å². The van der Waals surface area contributed by atoms with Gasteiger partial charge in [0.05, 0.1) is 19.3 Å². The highest BCUT2D eigenvalue weighted by atomic mass is 16.5. The first kappa shape index (κ1) is 11.5. The first-order chi connectivity index (χ1) is 8.78. The molecule has 1 aromatic heterocycles. The minimum absolute atomic E-state index is 0.310. The van der Waals surface area contributed by atoms with E-state index < -0.39 is 0 Å². The maximum atomic E-state index is 5.80. The van der Waals surface area contributed by atoms with E-state index >= 15 is 0 Å². The number of rotatable bonds is 3. The van der Waals surface area contributed by atoms with Crippen molar-refractivity contribution in [1.29, 1.82) is 0 Å². The Bertz CT molecular complexity index is 407. The lowest BCUT2D eigenvalue weighted by Crippen LogP contribution is -2.43. The monoisotopic (exact) mass is 251 g/mol. The Morgan fingerprint density at radius 2 is 1.94 bits per heavy atom. The highest BCUT2D eigenvalue weighted by Gasteiger charge is 2.35. The van der Waals surface area contributed by atoms with Gasteiger partial charge in [0.1, 0.15) is 0 Å². The summed E-state index contributed by atoms with van der Waals surface area (Å²) in [5.41, 5.74) is 0. The van der Waals surface area contributed by atoms with Gasteiger partial charge >= 0.3 is 6.01 Å². The standard InChI is InChI=1S/C11H17N5O2/c1-12-9-13-10(15-11(14-9)17-2)16-5-7-3-4-8(6-16)18-7/h7-8H,3-6H2,1-2H3,(H,12,13,14,15). The quantitative estimate of drug-likeness (QED) is 0.827. The predicted octanol–water partition coefficient (Wildman–Crippen LogP) is 0.289. The van der Waals surface area contributed by atoms with Crippen LogP contribution in [0.1, 0.15) is 12.8 Å². The fourth-order valence-corrected chi connectivity index (χ4v) is 2.47. The minimum Gasteiger partial charge on any atom is -0.467 e. The predicted molar refractivity (Wildman–Crippen MR) is 66.0 cm³/mol. The summed E-state index contributed by atoms with van der Waals surface area (Å²) in [6.07, 6.45) is 2.87. The van der Waals surface area contributed by atoms with Crippen LogP contribution in [-0.2, 0) is 4.74 Å². The highest BCUT2D eigenvalue weighted by Crippen LogP contribution is 2.28. The van der Waals surface area contributed by atoms with E-state index in [0.717, 1.165) is 25.9 Å². The van der Waals surface area contributed by atoms with E-state index in [1.54, 1.807) is 14.2 Å². The van der Waals surface area contributed by atoms with Gasteiger partial charge < -0.3 is 19.7 Å². The van der Waals surface area contributed by atoms with Gasteiger partial charge in [-0.3, -0.25) is 0 Å². The number of methoxy groups -OCH3 is 1. The molecule has 0 radical (unpaired) electrons. The van der Waals surface area contributed by atoms with Crippen molar-refractivity contribution in [3.8, 4) is 6.01 Å². The van der Waals surface area contributed by atoms with E-state index in [-0.39, 0.29) is 0 Å². The van der Waals surface area contributed by atoms with Crippen LogP contribution >= 0.6 is 0 Å². The lowest BCUT2D eigenvalue weighted by atomic mass is 10.2. The zero-order valence-corrected chi connectivity index (χ0v) is 10.6. The molecule has 1 N–H and O–H groups in total. The zero-order valence-electron chi connectivity index (χ0n) is 10.6. The van der Waals surface area contributed by atoms with Gasteiger partial charge in [0.25, 0.3) is 0 Å². The summed E-state index contributed by atoms with van der Waals surface area (Å²) in [5.74, 6) is 1.18. The Hall–Kier alpha value is -1.63. The maximum Gasteiger partial charge on any atom is 0.322 e. The molecule has 0 aliphatic carbocycles. The molecule has 2 unspecified atom stereocenters. The van der Waals surface area contributed by atoms with Gasteiger partial charge in [-0.15, -0.1) is 0 Å². The molecule has 7 heteroatoms. The van der Waals surface area contributed by atoms with Crippen molar-refractivity contribution < 1.29 is 9.47 Å². The highest BCUT2D eigenvalue weighted by molar-refractivity contribution is 5.39. The molecule has 18 heavy (non-hydrogen) atoms. The molecule has 0 saturated carbocycles. The first-order valence-corrected chi connectivity index (χ1v) is 6.16. The zero-order chi connectivity index (χ0) is 12.5. The molecule has 2 fully saturated rings. The van der Waals surface area contributed by atoms with E-state index in [9.17, 15) is 0 Å². The number of nitrogens with one attached hydrogen (secondary N) is 1. The van der Waals surface area contributed by atoms with Crippen molar-refractivity contribution in [1.82, 2.24) is 15.0 Å². The number of fused-ring (bicyclic) bond motifs is 2. The summed E-state index contributed by atoms with van der Waals surface area (Å²) in [6, 6.07) is 0.336. The van der Waals surface area contributed by atoms with Crippen molar-refractivity contribution in [2.24, 2.45) is 0 Å². The summed E-state index contributed by atoms with van der Waals surface area (Å²) < 4.78 is 10.9. The molecule has 2 saturated heterocycles. The van der Waals surface area contributed by atoms with E-state index in [1.165, 1.54) is 0 Å². The van der Waals surface area contributed by atoms with Crippen LogP contribution in [0.2, 0.25) is 0 Å². The number of ether oxygens (including phenoxy) is 2. The lowest BCUT2D eigenvalue weighted by molar-refractivity contribution is 0.0299. The van der Waals surface area contributed by atoms with Gasteiger partial charge in [-0.2, -0.15) is 15.0 Å². The normalized spacial score (nSPS) is 26.2. The molecule has 2 bridgehead atoms. The fraction of sp³-hybridized carbons (Fsp3) is 0.727. The lowest BCUT2D eigenvalue weighted by Gasteiger charge is -2.32. The Morgan fingerprint density at radius 3 is 2.56 bits per heavy atom. The summed E-state index contributed by atoms with van der Waals surface area (Å²) in [5, 5.41) is 2.92. The fourth-order valence-electron chi connectivity index (χ4n) is 2.47. The van der Waals surface area contributed by atoms with Gasteiger partial charge in [-0.25, -0.2) is 0 Å². The van der Waals surface area contributed by atoms with Gasteiger partial charge in [-0.1, -0.05) is 0 Å². The Kier molecular flexibility index (Phi) is 2.91. The van der Waals surface area contributed by atoms with Crippen molar-refractivity contribution in [3.63, 3.8) is 0 Å². The van der Waals surface area contributed by atoms with Crippen LogP contribution in [-0.4, -0.2) is 54.4 Å². The molecular formula is C11H17N5O2. The second-order valence-electron chi connectivity index (χ2n) is 4.56. The molecule has 3 heterocycles. The molecule has 0 amide bonds. The Labute approximate surface area is 106 Å². The third-order valence-electron chi connectivity index (χ3n) is 3.34. The second kappa shape index (κ2) is 4.56. The van der Waals surface area contributed by atoms with Crippen molar-refractivity contribution in [3.05, 3.63) is 0 Å². The van der Waals surface area contributed by atoms with E-state index in [0.29, 0.717) is 30.1 Å². The van der Waals surface area contributed by atoms with Crippen molar-refractivity contribution in [2.75, 3.05) is 37.5 Å². The van der Waals surface area contributed by atoms with Crippen molar-refractivity contribution >= 4 is 11.9 Å². The second-order valence-corrected chi connectivity index (χ2v) is 4.56. The summed E-state index contributed by atoms with van der Waals surface area (Å²) in [6.45, 7) is 1.68. The Balaban J connectivity index is 1.86. The number of anilines is 2. The molecule has 2 aliphatic rings. The van der Waals surface area contributed by atoms with Crippen LogP contribution in [0.25, 0.3) is 0 Å². The molecule has 98 valence electrons. The summed E-state index contributed by atoms with van der Waals surface area (Å²) in [4.78, 5) is 14.9.